The molecule has 8 heteroatoms. The molecule has 1 aromatic carbocycles. The van der Waals surface area contributed by atoms with Crippen molar-refractivity contribution in [3.05, 3.63) is 35.4 Å². The summed E-state index contributed by atoms with van der Waals surface area (Å²) in [5.41, 5.74) is -0.631. The van der Waals surface area contributed by atoms with E-state index in [9.17, 15) is 18.4 Å². The molecule has 1 fully saturated rings. The van der Waals surface area contributed by atoms with Gasteiger partial charge in [-0.25, -0.2) is 8.78 Å². The lowest BCUT2D eigenvalue weighted by molar-refractivity contribution is -0.132. The molecular weight excluding hydrogens is 316 g/mol. The molecule has 0 atom stereocenters. The zero-order chi connectivity index (χ0) is 15.4. The molecule has 1 N–H and O–H groups in total. The first-order chi connectivity index (χ1) is 10.0. The van der Waals surface area contributed by atoms with Gasteiger partial charge in [-0.05, 0) is 12.1 Å². The molecule has 2 amide bonds. The number of benzene rings is 1. The Morgan fingerprint density at radius 2 is 1.77 bits per heavy atom. The average molecular weight is 334 g/mol. The highest BCUT2D eigenvalue weighted by Crippen LogP contribution is 2.14. The molecule has 1 saturated heterocycles. The third-order valence-corrected chi connectivity index (χ3v) is 3.37. The van der Waals surface area contributed by atoms with Crippen LogP contribution in [0.25, 0.3) is 0 Å². The summed E-state index contributed by atoms with van der Waals surface area (Å²) in [6.45, 7) is 2.33. The Hall–Kier alpha value is -1.73. The molecule has 5 nitrogen and oxygen atoms in total. The minimum atomic E-state index is -0.929. The van der Waals surface area contributed by atoms with Gasteiger partial charge in [0.1, 0.15) is 17.2 Å². The van der Waals surface area contributed by atoms with E-state index >= 15 is 0 Å². The molecule has 1 aliphatic rings. The second-order valence-electron chi connectivity index (χ2n) is 4.89. The summed E-state index contributed by atoms with van der Waals surface area (Å²) in [7, 11) is 1.36. The van der Waals surface area contributed by atoms with Gasteiger partial charge in [-0.2, -0.15) is 0 Å². The minimum Gasteiger partial charge on any atom is -0.339 e. The fraction of sp³-hybridized carbons (Fsp3) is 0.429. The fourth-order valence-electron chi connectivity index (χ4n) is 2.18. The highest BCUT2D eigenvalue weighted by Gasteiger charge is 2.24. The van der Waals surface area contributed by atoms with Crippen LogP contribution in [0.15, 0.2) is 18.2 Å². The SMILES string of the molecule is CN(CC(=O)N1CCNCC1)C(=O)c1c(F)cccc1F.Cl. The second kappa shape index (κ2) is 8.05. The van der Waals surface area contributed by atoms with Crippen LogP contribution in [0, 0.1) is 11.6 Å². The molecule has 1 aromatic rings. The highest BCUT2D eigenvalue weighted by molar-refractivity contribution is 5.96. The number of hydrogen-bond donors (Lipinski definition) is 1. The first-order valence-electron chi connectivity index (χ1n) is 6.68. The summed E-state index contributed by atoms with van der Waals surface area (Å²) < 4.78 is 27.1. The van der Waals surface area contributed by atoms with Crippen molar-refractivity contribution in [1.29, 1.82) is 0 Å². The molecule has 0 bridgehead atoms. The van der Waals surface area contributed by atoms with Crippen molar-refractivity contribution in [2.45, 2.75) is 0 Å². The molecular formula is C14H18ClF2N3O2. The van der Waals surface area contributed by atoms with E-state index in [0.717, 1.165) is 17.0 Å². The highest BCUT2D eigenvalue weighted by atomic mass is 35.5. The number of halogens is 3. The van der Waals surface area contributed by atoms with Crippen LogP contribution >= 0.6 is 12.4 Å². The maximum Gasteiger partial charge on any atom is 0.260 e. The molecule has 1 aliphatic heterocycles. The van der Waals surface area contributed by atoms with E-state index < -0.39 is 23.1 Å². The molecule has 2 rings (SSSR count). The summed E-state index contributed by atoms with van der Waals surface area (Å²) >= 11 is 0. The summed E-state index contributed by atoms with van der Waals surface area (Å²) in [5, 5.41) is 3.11. The van der Waals surface area contributed by atoms with Gasteiger partial charge in [-0.15, -0.1) is 12.4 Å². The Morgan fingerprint density at radius 1 is 1.23 bits per heavy atom. The molecule has 22 heavy (non-hydrogen) atoms. The summed E-state index contributed by atoms with van der Waals surface area (Å²) in [6.07, 6.45) is 0. The van der Waals surface area contributed by atoms with Crippen LogP contribution in [0.3, 0.4) is 0 Å². The smallest absolute Gasteiger partial charge is 0.260 e. The first-order valence-corrected chi connectivity index (χ1v) is 6.68. The van der Waals surface area contributed by atoms with Gasteiger partial charge in [0.25, 0.3) is 5.91 Å². The predicted octanol–water partition coefficient (Wildman–Crippen LogP) is 0.890. The van der Waals surface area contributed by atoms with Crippen LogP contribution in [0.1, 0.15) is 10.4 Å². The minimum absolute atomic E-state index is 0. The van der Waals surface area contributed by atoms with Gasteiger partial charge in [0, 0.05) is 33.2 Å². The van der Waals surface area contributed by atoms with Gasteiger partial charge in [-0.1, -0.05) is 6.07 Å². The first kappa shape index (κ1) is 18.3. The number of likely N-dealkylation sites (N-methyl/N-ethyl adjacent to an activating group) is 1. The fourth-order valence-corrected chi connectivity index (χ4v) is 2.18. The topological polar surface area (TPSA) is 52.7 Å². The Labute approximate surface area is 133 Å². The van der Waals surface area contributed by atoms with Crippen molar-refractivity contribution in [3.63, 3.8) is 0 Å². The van der Waals surface area contributed by atoms with E-state index in [2.05, 4.69) is 5.32 Å². The van der Waals surface area contributed by atoms with Crippen LogP contribution in [-0.2, 0) is 4.79 Å². The standard InChI is InChI=1S/C14H17F2N3O2.ClH/c1-18(9-12(20)19-7-5-17-6-8-19)14(21)13-10(15)3-2-4-11(13)16;/h2-4,17H,5-9H2,1H3;1H. The van der Waals surface area contributed by atoms with Gasteiger partial charge in [0.2, 0.25) is 5.91 Å². The molecule has 0 spiro atoms. The van der Waals surface area contributed by atoms with E-state index in [0.29, 0.717) is 26.2 Å². The number of nitrogens with one attached hydrogen (secondary N) is 1. The quantitative estimate of drug-likeness (QED) is 0.894. The zero-order valence-electron chi connectivity index (χ0n) is 12.1. The van der Waals surface area contributed by atoms with Gasteiger partial charge in [0.15, 0.2) is 0 Å². The molecule has 0 saturated carbocycles. The normalized spacial score (nSPS) is 14.2. The van der Waals surface area contributed by atoms with Crippen molar-refractivity contribution in [2.75, 3.05) is 39.8 Å². The zero-order valence-corrected chi connectivity index (χ0v) is 13.0. The summed E-state index contributed by atoms with van der Waals surface area (Å²) in [4.78, 5) is 26.8. The number of hydrogen-bond acceptors (Lipinski definition) is 3. The van der Waals surface area contributed by atoms with Crippen molar-refractivity contribution in [1.82, 2.24) is 15.1 Å². The van der Waals surface area contributed by atoms with Gasteiger partial charge in [-0.3, -0.25) is 9.59 Å². The molecule has 1 heterocycles. The van der Waals surface area contributed by atoms with E-state index in [1.54, 1.807) is 4.90 Å². The average Bonchev–Trinajstić information content (AvgIpc) is 2.47. The largest absolute Gasteiger partial charge is 0.339 e. The van der Waals surface area contributed by atoms with Crippen LogP contribution in [0.4, 0.5) is 8.78 Å². The third-order valence-electron chi connectivity index (χ3n) is 3.37. The summed E-state index contributed by atoms with van der Waals surface area (Å²) in [6, 6.07) is 3.22. The van der Waals surface area contributed by atoms with Crippen LogP contribution in [-0.4, -0.2) is 61.4 Å². The lowest BCUT2D eigenvalue weighted by Gasteiger charge is -2.29. The number of carbonyl (C=O) groups excluding carboxylic acids is 2. The third kappa shape index (κ3) is 4.14. The van der Waals surface area contributed by atoms with E-state index in [4.69, 9.17) is 0 Å². The van der Waals surface area contributed by atoms with Crippen molar-refractivity contribution >= 4 is 24.2 Å². The van der Waals surface area contributed by atoms with Crippen molar-refractivity contribution < 1.29 is 18.4 Å². The van der Waals surface area contributed by atoms with Crippen molar-refractivity contribution in [2.24, 2.45) is 0 Å². The lowest BCUT2D eigenvalue weighted by atomic mass is 10.1. The van der Waals surface area contributed by atoms with Gasteiger partial charge >= 0.3 is 0 Å². The maximum absolute atomic E-state index is 13.6. The molecule has 122 valence electrons. The number of rotatable bonds is 3. The molecule has 0 aliphatic carbocycles. The van der Waals surface area contributed by atoms with Crippen molar-refractivity contribution in [3.8, 4) is 0 Å². The Bertz CT molecular complexity index is 531. The van der Waals surface area contributed by atoms with Crippen LogP contribution in [0.2, 0.25) is 0 Å². The summed E-state index contributed by atoms with van der Waals surface area (Å²) in [5.74, 6) is -2.93. The lowest BCUT2D eigenvalue weighted by Crippen LogP contribution is -2.49. The number of nitrogens with zero attached hydrogens (tertiary/aromatic N) is 2. The molecule has 0 unspecified atom stereocenters. The van der Waals surface area contributed by atoms with E-state index in [1.807, 2.05) is 0 Å². The monoisotopic (exact) mass is 333 g/mol. The molecule has 0 aromatic heterocycles. The van der Waals surface area contributed by atoms with E-state index in [-0.39, 0.29) is 24.9 Å². The Balaban J connectivity index is 0.00000242. The van der Waals surface area contributed by atoms with E-state index in [1.165, 1.54) is 13.1 Å². The number of piperazine rings is 1. The van der Waals surface area contributed by atoms with Gasteiger partial charge in [0.05, 0.1) is 6.54 Å². The number of carbonyl (C=O) groups is 2. The second-order valence-corrected chi connectivity index (χ2v) is 4.89. The van der Waals surface area contributed by atoms with Crippen LogP contribution < -0.4 is 5.32 Å². The number of amides is 2. The molecule has 0 radical (unpaired) electrons. The Morgan fingerprint density at radius 3 is 2.32 bits per heavy atom. The Kier molecular flexibility index (Phi) is 6.70. The maximum atomic E-state index is 13.6. The van der Waals surface area contributed by atoms with Crippen LogP contribution in [0.5, 0.6) is 0 Å². The van der Waals surface area contributed by atoms with Gasteiger partial charge < -0.3 is 15.1 Å². The predicted molar refractivity (Wildman–Crippen MR) is 80.0 cm³/mol.